The summed E-state index contributed by atoms with van der Waals surface area (Å²) in [6, 6.07) is 7.43. The Bertz CT molecular complexity index is 949. The molecule has 136 valence electrons. The predicted molar refractivity (Wildman–Crippen MR) is 87.9 cm³/mol. The zero-order valence-electron chi connectivity index (χ0n) is 13.8. The van der Waals surface area contributed by atoms with Crippen molar-refractivity contribution in [1.29, 1.82) is 0 Å². The summed E-state index contributed by atoms with van der Waals surface area (Å²) in [5.74, 6) is -2.23. The van der Waals surface area contributed by atoms with Crippen LogP contribution in [-0.4, -0.2) is 18.2 Å². The number of rotatable bonds is 4. The summed E-state index contributed by atoms with van der Waals surface area (Å²) in [5, 5.41) is 9.32. The normalized spacial score (nSPS) is 16.0. The van der Waals surface area contributed by atoms with Crippen molar-refractivity contribution in [2.75, 3.05) is 7.11 Å². The van der Waals surface area contributed by atoms with Crippen LogP contribution in [0.25, 0.3) is 0 Å². The zero-order chi connectivity index (χ0) is 18.8. The van der Waals surface area contributed by atoms with Crippen LogP contribution >= 0.6 is 0 Å². The molecule has 1 aromatic heterocycles. The number of aliphatic hydroxyl groups excluding tert-OH is 1. The molecule has 1 aromatic carbocycles. The van der Waals surface area contributed by atoms with Crippen molar-refractivity contribution in [2.45, 2.75) is 19.2 Å². The predicted octanol–water partition coefficient (Wildman–Crippen LogP) is 1.47. The molecule has 8 heteroatoms. The van der Waals surface area contributed by atoms with Gasteiger partial charge in [-0.15, -0.1) is 0 Å². The number of aliphatic hydroxyl groups is 1. The molecule has 0 saturated heterocycles. The highest BCUT2D eigenvalue weighted by Crippen LogP contribution is 2.41. The third-order valence-corrected chi connectivity index (χ3v) is 4.01. The molecule has 0 spiro atoms. The fraction of sp³-hybridized carbons (Fsp3) is 0.222. The Morgan fingerprint density at radius 3 is 2.81 bits per heavy atom. The lowest BCUT2D eigenvalue weighted by atomic mass is 9.86. The summed E-state index contributed by atoms with van der Waals surface area (Å²) in [5.41, 5.74) is 6.06. The van der Waals surface area contributed by atoms with Gasteiger partial charge < -0.3 is 24.7 Å². The van der Waals surface area contributed by atoms with Crippen LogP contribution in [0.4, 0.5) is 4.39 Å². The highest BCUT2D eigenvalue weighted by molar-refractivity contribution is 5.92. The molecular weight excluding hydrogens is 345 g/mol. The van der Waals surface area contributed by atoms with Gasteiger partial charge in [0.2, 0.25) is 17.1 Å². The number of hydrogen-bond donors (Lipinski definition) is 2. The van der Waals surface area contributed by atoms with E-state index < -0.39 is 30.6 Å². The Kier molecular flexibility index (Phi) is 4.77. The fourth-order valence-electron chi connectivity index (χ4n) is 2.86. The quantitative estimate of drug-likeness (QED) is 0.793. The number of benzene rings is 1. The van der Waals surface area contributed by atoms with E-state index in [9.17, 15) is 19.1 Å². The van der Waals surface area contributed by atoms with Crippen LogP contribution in [0.5, 0.6) is 5.75 Å². The second-order valence-electron chi connectivity index (χ2n) is 5.61. The van der Waals surface area contributed by atoms with E-state index in [0.717, 1.165) is 6.07 Å². The number of ether oxygens (including phenoxy) is 2. The van der Waals surface area contributed by atoms with E-state index in [1.807, 2.05) is 0 Å². The van der Waals surface area contributed by atoms with Crippen LogP contribution in [0.3, 0.4) is 0 Å². The molecule has 0 aliphatic carbocycles. The van der Waals surface area contributed by atoms with Crippen molar-refractivity contribution in [1.82, 2.24) is 0 Å². The third kappa shape index (κ3) is 2.95. The molecule has 2 aromatic rings. The number of halogens is 1. The minimum atomic E-state index is -0.947. The molecular formula is C18H16FNO6. The number of carbonyl (C=O) groups excluding carboxylic acids is 1. The van der Waals surface area contributed by atoms with Crippen molar-refractivity contribution in [2.24, 2.45) is 5.73 Å². The highest BCUT2D eigenvalue weighted by atomic mass is 19.1. The van der Waals surface area contributed by atoms with Gasteiger partial charge in [-0.2, -0.15) is 0 Å². The average Bonchev–Trinajstić information content (AvgIpc) is 2.66. The van der Waals surface area contributed by atoms with Gasteiger partial charge in [0.05, 0.1) is 13.0 Å². The number of carbonyl (C=O) groups is 1. The molecule has 0 saturated carbocycles. The maximum atomic E-state index is 13.1. The molecule has 1 atom stereocenters. The first-order chi connectivity index (χ1) is 12.5. The van der Waals surface area contributed by atoms with Gasteiger partial charge in [0, 0.05) is 6.07 Å². The molecule has 1 aliphatic heterocycles. The average molecular weight is 361 g/mol. The molecule has 0 radical (unpaired) electrons. The topological polar surface area (TPSA) is 112 Å². The van der Waals surface area contributed by atoms with E-state index in [2.05, 4.69) is 0 Å². The molecule has 3 N–H and O–H groups in total. The van der Waals surface area contributed by atoms with E-state index >= 15 is 0 Å². The van der Waals surface area contributed by atoms with Gasteiger partial charge in [0.1, 0.15) is 24.6 Å². The van der Waals surface area contributed by atoms with Crippen molar-refractivity contribution >= 4 is 5.97 Å². The van der Waals surface area contributed by atoms with Crippen LogP contribution in [0.2, 0.25) is 0 Å². The maximum absolute atomic E-state index is 13.1. The first-order valence-electron chi connectivity index (χ1n) is 7.68. The van der Waals surface area contributed by atoms with Crippen LogP contribution in [0, 0.1) is 0 Å². The van der Waals surface area contributed by atoms with Crippen LogP contribution in [0.1, 0.15) is 28.6 Å². The Hall–Kier alpha value is -3.13. The lowest BCUT2D eigenvalue weighted by molar-refractivity contribution is -0.136. The van der Waals surface area contributed by atoms with E-state index in [1.165, 1.54) is 13.2 Å². The molecule has 0 amide bonds. The summed E-state index contributed by atoms with van der Waals surface area (Å²) in [4.78, 5) is 24.6. The molecule has 1 unspecified atom stereocenters. The maximum Gasteiger partial charge on any atom is 0.340 e. The number of esters is 1. The molecule has 7 nitrogen and oxygen atoms in total. The summed E-state index contributed by atoms with van der Waals surface area (Å²) in [6.07, 6.45) is 0. The molecule has 3 rings (SSSR count). The standard InChI is InChI=1S/C18H16FNO6/c1-24-18(23)14-13(10-4-2-3-9(5-10)7-19)16-15(26-17(14)20)12(22)6-11(8-21)25-16/h2-6,13,21H,7-8,20H2,1H3. The van der Waals surface area contributed by atoms with E-state index in [-0.39, 0.29) is 28.7 Å². The van der Waals surface area contributed by atoms with Crippen molar-refractivity contribution < 1.29 is 28.2 Å². The summed E-state index contributed by atoms with van der Waals surface area (Å²) in [7, 11) is 1.17. The lowest BCUT2D eigenvalue weighted by Crippen LogP contribution is -2.29. The number of nitrogens with two attached hydrogens (primary N) is 1. The SMILES string of the molecule is COC(=O)C1=C(N)Oc2c(oc(CO)cc2=O)C1c1cccc(CF)c1. The van der Waals surface area contributed by atoms with Gasteiger partial charge in [0.25, 0.3) is 0 Å². The molecule has 0 fully saturated rings. The Labute approximate surface area is 147 Å². The van der Waals surface area contributed by atoms with E-state index in [0.29, 0.717) is 11.1 Å². The van der Waals surface area contributed by atoms with Gasteiger partial charge in [-0.1, -0.05) is 24.3 Å². The minimum Gasteiger partial charge on any atom is -0.465 e. The smallest absolute Gasteiger partial charge is 0.340 e. The molecule has 26 heavy (non-hydrogen) atoms. The Balaban J connectivity index is 2.30. The minimum absolute atomic E-state index is 0.00585. The van der Waals surface area contributed by atoms with E-state index in [1.54, 1.807) is 18.2 Å². The van der Waals surface area contributed by atoms with Gasteiger partial charge >= 0.3 is 5.97 Å². The second-order valence-corrected chi connectivity index (χ2v) is 5.61. The van der Waals surface area contributed by atoms with Crippen molar-refractivity contribution in [3.8, 4) is 5.75 Å². The summed E-state index contributed by atoms with van der Waals surface area (Å²) < 4.78 is 28.7. The van der Waals surface area contributed by atoms with Crippen LogP contribution < -0.4 is 15.9 Å². The second kappa shape index (κ2) is 7.01. The van der Waals surface area contributed by atoms with Gasteiger partial charge in [-0.3, -0.25) is 4.79 Å². The fourth-order valence-corrected chi connectivity index (χ4v) is 2.86. The van der Waals surface area contributed by atoms with Gasteiger partial charge in [0.15, 0.2) is 5.76 Å². The highest BCUT2D eigenvalue weighted by Gasteiger charge is 2.39. The summed E-state index contributed by atoms with van der Waals surface area (Å²) >= 11 is 0. The Morgan fingerprint density at radius 1 is 1.38 bits per heavy atom. The molecule has 1 aliphatic rings. The molecule has 2 heterocycles. The third-order valence-electron chi connectivity index (χ3n) is 4.01. The van der Waals surface area contributed by atoms with Crippen molar-refractivity contribution in [3.63, 3.8) is 0 Å². The molecule has 0 bridgehead atoms. The number of fused-ring (bicyclic) bond motifs is 1. The first-order valence-corrected chi connectivity index (χ1v) is 7.68. The van der Waals surface area contributed by atoms with Gasteiger partial charge in [-0.05, 0) is 11.1 Å². The van der Waals surface area contributed by atoms with Crippen molar-refractivity contribution in [3.05, 3.63) is 74.7 Å². The summed E-state index contributed by atoms with van der Waals surface area (Å²) in [6.45, 7) is -1.23. The monoisotopic (exact) mass is 361 g/mol. The Morgan fingerprint density at radius 2 is 2.15 bits per heavy atom. The largest absolute Gasteiger partial charge is 0.465 e. The lowest BCUT2D eigenvalue weighted by Gasteiger charge is -2.26. The van der Waals surface area contributed by atoms with Crippen LogP contribution in [-0.2, 0) is 22.8 Å². The van der Waals surface area contributed by atoms with Crippen LogP contribution in [0.15, 0.2) is 51.0 Å². The number of alkyl halides is 1. The zero-order valence-corrected chi connectivity index (χ0v) is 13.8. The number of hydrogen-bond acceptors (Lipinski definition) is 7. The van der Waals surface area contributed by atoms with Gasteiger partial charge in [-0.25, -0.2) is 9.18 Å². The number of methoxy groups -OCH3 is 1. The first kappa shape index (κ1) is 17.7. The van der Waals surface area contributed by atoms with E-state index in [4.69, 9.17) is 19.6 Å².